The van der Waals surface area contributed by atoms with Crippen molar-refractivity contribution in [3.8, 4) is 11.5 Å². The maximum absolute atomic E-state index is 11.7. The van der Waals surface area contributed by atoms with Crippen molar-refractivity contribution in [2.45, 2.75) is 0 Å². The van der Waals surface area contributed by atoms with Crippen molar-refractivity contribution >= 4 is 76.6 Å². The molecule has 4 N–H and O–H groups in total. The zero-order chi connectivity index (χ0) is 42.0. The van der Waals surface area contributed by atoms with Crippen LogP contribution in [0, 0.1) is 0 Å². The van der Waals surface area contributed by atoms with Gasteiger partial charge in [0.2, 0.25) is 35.7 Å². The van der Waals surface area contributed by atoms with E-state index in [1.165, 1.54) is 0 Å². The zero-order valence-electron chi connectivity index (χ0n) is 31.4. The minimum atomic E-state index is -0.612. The highest BCUT2D eigenvalue weighted by Crippen LogP contribution is 2.33. The second-order valence-electron chi connectivity index (χ2n) is 11.4. The summed E-state index contributed by atoms with van der Waals surface area (Å²) in [6, 6.07) is 21.9. The molecule has 5 aromatic rings. The smallest absolute Gasteiger partial charge is 0.335 e. The van der Waals surface area contributed by atoms with Gasteiger partial charge in [0.25, 0.3) is 0 Å². The molecule has 19 heteroatoms. The summed E-state index contributed by atoms with van der Waals surface area (Å²) in [7, 11) is 0. The second-order valence-corrected chi connectivity index (χ2v) is 11.4. The van der Waals surface area contributed by atoms with Gasteiger partial charge in [-0.05, 0) is 60.7 Å². The average Bonchev–Trinajstić information content (AvgIpc) is 3.25. The minimum absolute atomic E-state index is 0.0264. The molecule has 0 bridgehead atoms. The summed E-state index contributed by atoms with van der Waals surface area (Å²) in [5.74, 6) is -1.47. The Morgan fingerprint density at radius 2 is 0.898 bits per heavy atom. The summed E-state index contributed by atoms with van der Waals surface area (Å²) in [5.41, 5.74) is 1.58. The number of aromatic nitrogens is 6. The number of benzene rings is 3. The number of hydrogen-bond donors (Lipinski definition) is 4. The highest BCUT2D eigenvalue weighted by atomic mass is 16.5. The lowest BCUT2D eigenvalue weighted by molar-refractivity contribution is -0.138. The van der Waals surface area contributed by atoms with Crippen LogP contribution >= 0.6 is 0 Å². The highest BCUT2D eigenvalue weighted by molar-refractivity contribution is 5.84. The molecule has 0 saturated heterocycles. The van der Waals surface area contributed by atoms with E-state index in [9.17, 15) is 19.2 Å². The molecule has 2 aromatic heterocycles. The number of ether oxygens (including phenoxy) is 4. The average molecular weight is 800 g/mol. The van der Waals surface area contributed by atoms with Crippen LogP contribution in [-0.2, 0) is 28.7 Å². The van der Waals surface area contributed by atoms with Crippen molar-refractivity contribution in [1.82, 2.24) is 29.9 Å². The molecule has 59 heavy (non-hydrogen) atoms. The first-order valence-corrected chi connectivity index (χ1v) is 17.5. The Morgan fingerprint density at radius 3 is 1.31 bits per heavy atom. The van der Waals surface area contributed by atoms with Crippen LogP contribution in [0.2, 0.25) is 0 Å². The van der Waals surface area contributed by atoms with E-state index in [4.69, 9.17) is 28.9 Å². The zero-order valence-corrected chi connectivity index (χ0v) is 31.4. The molecule has 0 fully saturated rings. The lowest BCUT2D eigenvalue weighted by Crippen LogP contribution is -2.22. The van der Waals surface area contributed by atoms with Crippen LogP contribution in [-0.4, -0.2) is 80.1 Å². The van der Waals surface area contributed by atoms with Gasteiger partial charge in [0.15, 0.2) is 0 Å². The van der Waals surface area contributed by atoms with E-state index in [1.54, 1.807) is 77.7 Å². The minimum Gasteiger partial charge on any atom is -0.461 e. The van der Waals surface area contributed by atoms with Gasteiger partial charge >= 0.3 is 23.9 Å². The summed E-state index contributed by atoms with van der Waals surface area (Å²) in [6.45, 7) is 13.8. The van der Waals surface area contributed by atoms with Gasteiger partial charge in [-0.2, -0.15) is 29.9 Å². The topological polar surface area (TPSA) is 234 Å². The Kier molecular flexibility index (Phi) is 14.8. The maximum atomic E-state index is 11.7. The molecule has 19 nitrogen and oxygen atoms in total. The lowest BCUT2D eigenvalue weighted by atomic mass is 10.3. The van der Waals surface area contributed by atoms with E-state index in [0.29, 0.717) is 17.1 Å². The summed E-state index contributed by atoms with van der Waals surface area (Å²) in [4.78, 5) is 76.1. The Morgan fingerprint density at radius 1 is 0.508 bits per heavy atom. The molecule has 0 amide bonds. The molecule has 0 unspecified atom stereocenters. The predicted molar refractivity (Wildman–Crippen MR) is 218 cm³/mol. The summed E-state index contributed by atoms with van der Waals surface area (Å²) < 4.78 is 20.6. The Bertz CT molecular complexity index is 2180. The van der Waals surface area contributed by atoms with Crippen molar-refractivity contribution in [2.75, 3.05) is 52.5 Å². The van der Waals surface area contributed by atoms with Gasteiger partial charge in [-0.15, -0.1) is 0 Å². The fraction of sp³-hybridized carbons (Fsp3) is 0.100. The van der Waals surface area contributed by atoms with E-state index in [1.807, 2.05) is 6.07 Å². The number of hydrogen-bond acceptors (Lipinski definition) is 19. The summed E-state index contributed by atoms with van der Waals surface area (Å²) in [6.07, 6.45) is 4.21. The molecule has 0 aliphatic carbocycles. The third kappa shape index (κ3) is 12.8. The highest BCUT2D eigenvalue weighted by Gasteiger charge is 2.23. The summed E-state index contributed by atoms with van der Waals surface area (Å²) >= 11 is 0. The van der Waals surface area contributed by atoms with Gasteiger partial charge in [0.1, 0.15) is 24.7 Å². The molecule has 0 atom stereocenters. The molecular formula is C40H37N11O8. The van der Waals surface area contributed by atoms with Crippen molar-refractivity contribution < 1.29 is 38.1 Å². The van der Waals surface area contributed by atoms with Crippen molar-refractivity contribution in [3.63, 3.8) is 0 Å². The number of para-hydroxylation sites is 1. The molecule has 3 aromatic carbocycles. The fourth-order valence-corrected chi connectivity index (χ4v) is 4.63. The van der Waals surface area contributed by atoms with E-state index >= 15 is 0 Å². The number of esters is 4. The number of carbonyl (C=O) groups excluding carboxylic acids is 4. The molecule has 0 spiro atoms. The number of carbonyl (C=O) groups is 4. The molecule has 0 radical (unpaired) electrons. The summed E-state index contributed by atoms with van der Waals surface area (Å²) in [5, 5.41) is 12.3. The third-order valence-electron chi connectivity index (χ3n) is 7.25. The van der Waals surface area contributed by atoms with Crippen LogP contribution < -0.4 is 35.6 Å². The monoisotopic (exact) mass is 799 g/mol. The van der Waals surface area contributed by atoms with Crippen molar-refractivity contribution in [3.05, 3.63) is 129 Å². The first-order chi connectivity index (χ1) is 28.7. The van der Waals surface area contributed by atoms with E-state index < -0.39 is 23.9 Å². The van der Waals surface area contributed by atoms with Crippen LogP contribution in [0.1, 0.15) is 0 Å². The van der Waals surface area contributed by atoms with Gasteiger partial charge < -0.3 is 40.2 Å². The van der Waals surface area contributed by atoms with Crippen LogP contribution in [0.3, 0.4) is 0 Å². The Labute approximate surface area is 337 Å². The van der Waals surface area contributed by atoms with Crippen molar-refractivity contribution in [2.24, 2.45) is 0 Å². The van der Waals surface area contributed by atoms with Gasteiger partial charge in [-0.3, -0.25) is 0 Å². The normalized spacial score (nSPS) is 10.2. The molecule has 0 aliphatic rings. The van der Waals surface area contributed by atoms with Crippen LogP contribution in [0.4, 0.5) is 52.8 Å². The number of nitrogens with one attached hydrogen (secondary N) is 4. The Hall–Kier alpha value is -8.48. The van der Waals surface area contributed by atoms with Gasteiger partial charge in [-0.1, -0.05) is 44.5 Å². The molecule has 0 aliphatic heterocycles. The van der Waals surface area contributed by atoms with E-state index in [2.05, 4.69) is 67.5 Å². The number of anilines is 9. The van der Waals surface area contributed by atoms with Gasteiger partial charge in [0, 0.05) is 35.7 Å². The standard InChI is InChI=1S/C40H37N11O8/c1-5-31(52)56-24-22-41-35-45-36(42-23-25-57-32(53)6-2)48-39(47-35)51(28-12-10-9-11-13-28)40-49-37(43-26-14-18-29(19-15-26)58-33(54)7-3)46-38(50-40)44-27-16-20-30(21-17-27)59-34(55)8-4/h5-21H,1-4,22-25H2,(H2,41,42,45,47,48)(H2,43,44,46,49,50). The number of rotatable bonds is 21. The SMILES string of the molecule is C=CC(=O)OCCNc1nc(NCCOC(=O)C=C)nc(N(c2ccccc2)c2nc(Nc3ccc(OC(=O)C=C)cc3)nc(Nc3ccc(OC(=O)C=C)cc3)n2)n1. The van der Waals surface area contributed by atoms with E-state index in [-0.39, 0.29) is 73.5 Å². The predicted octanol–water partition coefficient (Wildman–Crippen LogP) is 5.48. The largest absolute Gasteiger partial charge is 0.461 e. The van der Waals surface area contributed by atoms with Crippen LogP contribution in [0.5, 0.6) is 11.5 Å². The van der Waals surface area contributed by atoms with E-state index in [0.717, 1.165) is 24.3 Å². The van der Waals surface area contributed by atoms with Gasteiger partial charge in [-0.25, -0.2) is 24.1 Å². The molecular weight excluding hydrogens is 763 g/mol. The first kappa shape index (κ1) is 41.7. The van der Waals surface area contributed by atoms with Crippen LogP contribution in [0.25, 0.3) is 0 Å². The lowest BCUT2D eigenvalue weighted by Gasteiger charge is -2.23. The molecule has 5 rings (SSSR count). The maximum Gasteiger partial charge on any atom is 0.335 e. The quantitative estimate of drug-likeness (QED) is 0.0311. The van der Waals surface area contributed by atoms with Gasteiger partial charge in [0.05, 0.1) is 18.8 Å². The van der Waals surface area contributed by atoms with Crippen LogP contribution in [0.15, 0.2) is 129 Å². The second kappa shape index (κ2) is 21.0. The number of nitrogens with zero attached hydrogens (tertiary/aromatic N) is 7. The molecule has 2 heterocycles. The Balaban J connectivity index is 1.57. The van der Waals surface area contributed by atoms with Crippen molar-refractivity contribution in [1.29, 1.82) is 0 Å². The first-order valence-electron chi connectivity index (χ1n) is 17.5. The molecule has 0 saturated carbocycles. The third-order valence-corrected chi connectivity index (χ3v) is 7.25. The molecule has 300 valence electrons. The fourth-order valence-electron chi connectivity index (χ4n) is 4.63.